The van der Waals surface area contributed by atoms with Gasteiger partial charge in [0.05, 0.1) is 23.5 Å². The number of nitrogens with two attached hydrogens (primary N) is 1. The first-order valence-electron chi connectivity index (χ1n) is 6.69. The zero-order chi connectivity index (χ0) is 15.6. The first-order valence-corrected chi connectivity index (χ1v) is 7.07. The highest BCUT2D eigenvalue weighted by molar-refractivity contribution is 6.31. The molecule has 0 spiro atoms. The van der Waals surface area contributed by atoms with Gasteiger partial charge in [-0.3, -0.25) is 14.5 Å². The number of carbonyl (C=O) groups is 2. The maximum atomic E-state index is 12.1. The van der Waals surface area contributed by atoms with Crippen LogP contribution in [0.1, 0.15) is 13.8 Å². The van der Waals surface area contributed by atoms with Crippen LogP contribution in [0, 0.1) is 0 Å². The number of anilines is 2. The summed E-state index contributed by atoms with van der Waals surface area (Å²) in [5.74, 6) is -0.292. The maximum Gasteiger partial charge on any atom is 0.240 e. The first-order chi connectivity index (χ1) is 9.80. The molecule has 6 nitrogen and oxygen atoms in total. The van der Waals surface area contributed by atoms with Crippen molar-refractivity contribution in [1.82, 2.24) is 10.2 Å². The summed E-state index contributed by atoms with van der Waals surface area (Å²) in [5.41, 5.74) is 6.02. The van der Waals surface area contributed by atoms with Crippen molar-refractivity contribution in [1.29, 1.82) is 0 Å². The van der Waals surface area contributed by atoms with Gasteiger partial charge in [0, 0.05) is 18.1 Å². The van der Waals surface area contributed by atoms with Crippen LogP contribution in [0.5, 0.6) is 0 Å². The van der Waals surface area contributed by atoms with Crippen LogP contribution in [0.25, 0.3) is 0 Å². The summed E-state index contributed by atoms with van der Waals surface area (Å²) in [6.07, 6.45) is 0. The summed E-state index contributed by atoms with van der Waals surface area (Å²) in [7, 11) is 0. The number of carbonyl (C=O) groups excluding carboxylic acids is 2. The molecule has 21 heavy (non-hydrogen) atoms. The zero-order valence-electron chi connectivity index (χ0n) is 12.1. The molecule has 7 heteroatoms. The maximum absolute atomic E-state index is 12.1. The van der Waals surface area contributed by atoms with Crippen molar-refractivity contribution >= 4 is 34.8 Å². The summed E-state index contributed by atoms with van der Waals surface area (Å²) in [6.45, 7) is 4.89. The van der Waals surface area contributed by atoms with Crippen LogP contribution in [0.4, 0.5) is 11.4 Å². The second-order valence-corrected chi connectivity index (χ2v) is 5.95. The molecular formula is C14H19ClN4O2. The van der Waals surface area contributed by atoms with E-state index in [9.17, 15) is 9.59 Å². The van der Waals surface area contributed by atoms with Crippen LogP contribution in [-0.4, -0.2) is 41.9 Å². The Hall–Kier alpha value is -1.79. The zero-order valence-corrected chi connectivity index (χ0v) is 12.8. The first kappa shape index (κ1) is 15.6. The summed E-state index contributed by atoms with van der Waals surface area (Å²) in [6, 6.07) is 4.89. The minimum atomic E-state index is -0.707. The molecule has 114 valence electrons. The predicted octanol–water partition coefficient (Wildman–Crippen LogP) is 1.07. The number of hydrogen-bond donors (Lipinski definition) is 3. The summed E-state index contributed by atoms with van der Waals surface area (Å²) in [4.78, 5) is 25.8. The van der Waals surface area contributed by atoms with Crippen molar-refractivity contribution in [2.75, 3.05) is 30.7 Å². The SMILES string of the molecule is CC1(C)C(=O)NCCN1CC(=O)Nc1ccc(Cl)cc1N. The number of amides is 2. The van der Waals surface area contributed by atoms with E-state index < -0.39 is 5.54 Å². The van der Waals surface area contributed by atoms with E-state index in [0.29, 0.717) is 29.5 Å². The molecule has 1 aliphatic heterocycles. The third-order valence-corrected chi connectivity index (χ3v) is 3.87. The van der Waals surface area contributed by atoms with Crippen LogP contribution in [0.2, 0.25) is 5.02 Å². The average Bonchev–Trinajstić information content (AvgIpc) is 2.39. The lowest BCUT2D eigenvalue weighted by atomic mass is 9.99. The molecule has 0 saturated carbocycles. The van der Waals surface area contributed by atoms with Crippen molar-refractivity contribution in [2.24, 2.45) is 0 Å². The monoisotopic (exact) mass is 310 g/mol. The smallest absolute Gasteiger partial charge is 0.240 e. The van der Waals surface area contributed by atoms with Gasteiger partial charge in [0.15, 0.2) is 0 Å². The molecule has 1 aromatic carbocycles. The number of hydrogen-bond acceptors (Lipinski definition) is 4. The van der Waals surface area contributed by atoms with Gasteiger partial charge in [-0.1, -0.05) is 11.6 Å². The topological polar surface area (TPSA) is 87.5 Å². The van der Waals surface area contributed by atoms with Gasteiger partial charge < -0.3 is 16.4 Å². The normalized spacial score (nSPS) is 18.1. The molecule has 1 saturated heterocycles. The molecular weight excluding hydrogens is 292 g/mol. The number of nitrogens with one attached hydrogen (secondary N) is 2. The van der Waals surface area contributed by atoms with Gasteiger partial charge in [-0.2, -0.15) is 0 Å². The van der Waals surface area contributed by atoms with E-state index in [4.69, 9.17) is 17.3 Å². The largest absolute Gasteiger partial charge is 0.397 e. The fraction of sp³-hybridized carbons (Fsp3) is 0.429. The number of benzene rings is 1. The lowest BCUT2D eigenvalue weighted by molar-refractivity contribution is -0.136. The third kappa shape index (κ3) is 3.46. The van der Waals surface area contributed by atoms with Crippen molar-refractivity contribution in [2.45, 2.75) is 19.4 Å². The van der Waals surface area contributed by atoms with E-state index in [2.05, 4.69) is 10.6 Å². The highest BCUT2D eigenvalue weighted by Gasteiger charge is 2.38. The van der Waals surface area contributed by atoms with Gasteiger partial charge in [-0.25, -0.2) is 0 Å². The van der Waals surface area contributed by atoms with Crippen molar-refractivity contribution in [3.63, 3.8) is 0 Å². The lowest BCUT2D eigenvalue weighted by Crippen LogP contribution is -2.62. The van der Waals surface area contributed by atoms with E-state index in [-0.39, 0.29) is 18.4 Å². The summed E-state index contributed by atoms with van der Waals surface area (Å²) < 4.78 is 0. The van der Waals surface area contributed by atoms with Gasteiger partial charge in [-0.15, -0.1) is 0 Å². The van der Waals surface area contributed by atoms with Crippen LogP contribution in [0.15, 0.2) is 18.2 Å². The Morgan fingerprint density at radius 2 is 2.24 bits per heavy atom. The van der Waals surface area contributed by atoms with Gasteiger partial charge in [0.2, 0.25) is 11.8 Å². The lowest BCUT2D eigenvalue weighted by Gasteiger charge is -2.40. The van der Waals surface area contributed by atoms with Crippen LogP contribution < -0.4 is 16.4 Å². The number of piperazine rings is 1. The second-order valence-electron chi connectivity index (χ2n) is 5.52. The van der Waals surface area contributed by atoms with Crippen LogP contribution in [0.3, 0.4) is 0 Å². The Morgan fingerprint density at radius 3 is 2.90 bits per heavy atom. The Morgan fingerprint density at radius 1 is 1.52 bits per heavy atom. The Labute approximate surface area is 128 Å². The van der Waals surface area contributed by atoms with Gasteiger partial charge in [0.25, 0.3) is 0 Å². The Kier molecular flexibility index (Phi) is 4.39. The standard InChI is InChI=1S/C14H19ClN4O2/c1-14(2)13(21)17-5-6-19(14)8-12(20)18-11-4-3-9(15)7-10(11)16/h3-4,7H,5-6,8,16H2,1-2H3,(H,17,21)(H,18,20). The molecule has 0 aromatic heterocycles. The highest BCUT2D eigenvalue weighted by Crippen LogP contribution is 2.23. The molecule has 1 aliphatic rings. The molecule has 4 N–H and O–H groups in total. The van der Waals surface area contributed by atoms with E-state index in [0.717, 1.165) is 0 Å². The van der Waals surface area contributed by atoms with Crippen molar-refractivity contribution < 1.29 is 9.59 Å². The average molecular weight is 311 g/mol. The minimum Gasteiger partial charge on any atom is -0.397 e. The van der Waals surface area contributed by atoms with Gasteiger partial charge >= 0.3 is 0 Å². The number of halogens is 1. The third-order valence-electron chi connectivity index (χ3n) is 3.64. The van der Waals surface area contributed by atoms with Gasteiger partial charge in [0.1, 0.15) is 0 Å². The Bertz CT molecular complexity index is 574. The molecule has 0 radical (unpaired) electrons. The molecule has 2 amide bonds. The van der Waals surface area contributed by atoms with E-state index in [1.165, 1.54) is 0 Å². The Balaban J connectivity index is 2.03. The van der Waals surface area contributed by atoms with E-state index >= 15 is 0 Å². The molecule has 2 rings (SSSR count). The molecule has 1 heterocycles. The number of nitrogen functional groups attached to an aromatic ring is 1. The summed E-state index contributed by atoms with van der Waals surface area (Å²) >= 11 is 5.82. The predicted molar refractivity (Wildman–Crippen MR) is 83.2 cm³/mol. The highest BCUT2D eigenvalue weighted by atomic mass is 35.5. The molecule has 0 unspecified atom stereocenters. The molecule has 0 aliphatic carbocycles. The van der Waals surface area contributed by atoms with E-state index in [1.807, 2.05) is 4.90 Å². The van der Waals surface area contributed by atoms with Gasteiger partial charge in [-0.05, 0) is 32.0 Å². The van der Waals surface area contributed by atoms with Crippen molar-refractivity contribution in [3.8, 4) is 0 Å². The quantitative estimate of drug-likeness (QED) is 0.729. The van der Waals surface area contributed by atoms with Crippen LogP contribution in [-0.2, 0) is 9.59 Å². The fourth-order valence-electron chi connectivity index (χ4n) is 2.23. The fourth-order valence-corrected chi connectivity index (χ4v) is 2.41. The molecule has 0 atom stereocenters. The molecule has 0 bridgehead atoms. The molecule has 1 fully saturated rings. The minimum absolute atomic E-state index is 0.0763. The number of nitrogens with zero attached hydrogens (tertiary/aromatic N) is 1. The van der Waals surface area contributed by atoms with Crippen molar-refractivity contribution in [3.05, 3.63) is 23.2 Å². The second kappa shape index (κ2) is 5.91. The number of rotatable bonds is 3. The van der Waals surface area contributed by atoms with E-state index in [1.54, 1.807) is 32.0 Å². The summed E-state index contributed by atoms with van der Waals surface area (Å²) in [5, 5.41) is 6.05. The van der Waals surface area contributed by atoms with Crippen LogP contribution >= 0.6 is 11.6 Å². The molecule has 1 aromatic rings.